The summed E-state index contributed by atoms with van der Waals surface area (Å²) >= 11 is 0. The first-order chi connectivity index (χ1) is 11.4. The van der Waals surface area contributed by atoms with Gasteiger partial charge < -0.3 is 9.47 Å². The Labute approximate surface area is 144 Å². The summed E-state index contributed by atoms with van der Waals surface area (Å²) in [6, 6.07) is 0. The average Bonchev–Trinajstić information content (AvgIpc) is 3.45. The summed E-state index contributed by atoms with van der Waals surface area (Å²) in [5.74, 6) is 0.716. The zero-order valence-corrected chi connectivity index (χ0v) is 15.6. The van der Waals surface area contributed by atoms with Crippen molar-refractivity contribution in [1.29, 1.82) is 0 Å². The molecule has 0 aromatic heterocycles. The molecule has 0 N–H and O–H groups in total. The SMILES string of the molecule is CCCCCCCCCCCCCCOC1CC1COC1CC1. The van der Waals surface area contributed by atoms with E-state index in [4.69, 9.17) is 9.47 Å². The van der Waals surface area contributed by atoms with Crippen LogP contribution in [0, 0.1) is 5.92 Å². The lowest BCUT2D eigenvalue weighted by Crippen LogP contribution is -2.05. The van der Waals surface area contributed by atoms with Crippen LogP contribution in [-0.4, -0.2) is 25.4 Å². The Morgan fingerprint density at radius 1 is 0.696 bits per heavy atom. The topological polar surface area (TPSA) is 18.5 Å². The third-order valence-corrected chi connectivity index (χ3v) is 5.26. The molecule has 0 aromatic carbocycles. The third-order valence-electron chi connectivity index (χ3n) is 5.26. The molecule has 0 spiro atoms. The minimum absolute atomic E-state index is 0.529. The van der Waals surface area contributed by atoms with Crippen LogP contribution in [0.3, 0.4) is 0 Å². The molecule has 2 heteroatoms. The Morgan fingerprint density at radius 3 is 1.83 bits per heavy atom. The van der Waals surface area contributed by atoms with Gasteiger partial charge in [0.25, 0.3) is 0 Å². The fourth-order valence-electron chi connectivity index (χ4n) is 3.27. The standard InChI is InChI=1S/C21H40O2/c1-2-3-4-5-6-7-8-9-10-11-12-13-16-22-21-17-19(21)18-23-20-14-15-20/h19-21H,2-18H2,1H3. The van der Waals surface area contributed by atoms with Crippen molar-refractivity contribution in [2.75, 3.05) is 13.2 Å². The van der Waals surface area contributed by atoms with Gasteiger partial charge >= 0.3 is 0 Å². The van der Waals surface area contributed by atoms with Gasteiger partial charge in [-0.1, -0.05) is 77.6 Å². The molecule has 2 aliphatic rings. The van der Waals surface area contributed by atoms with Gasteiger partial charge in [-0.25, -0.2) is 0 Å². The van der Waals surface area contributed by atoms with E-state index in [0.717, 1.165) is 13.2 Å². The van der Waals surface area contributed by atoms with E-state index in [1.54, 1.807) is 0 Å². The number of hydrogen-bond acceptors (Lipinski definition) is 2. The van der Waals surface area contributed by atoms with Crippen LogP contribution in [0.5, 0.6) is 0 Å². The predicted molar refractivity (Wildman–Crippen MR) is 97.9 cm³/mol. The summed E-state index contributed by atoms with van der Waals surface area (Å²) in [4.78, 5) is 0. The highest BCUT2D eigenvalue weighted by Gasteiger charge is 2.39. The van der Waals surface area contributed by atoms with E-state index in [9.17, 15) is 0 Å². The van der Waals surface area contributed by atoms with Gasteiger partial charge in [0, 0.05) is 12.5 Å². The molecule has 23 heavy (non-hydrogen) atoms. The van der Waals surface area contributed by atoms with Crippen LogP contribution in [-0.2, 0) is 9.47 Å². The number of hydrogen-bond donors (Lipinski definition) is 0. The van der Waals surface area contributed by atoms with Gasteiger partial charge in [0.15, 0.2) is 0 Å². The van der Waals surface area contributed by atoms with Crippen LogP contribution in [0.1, 0.15) is 103 Å². The van der Waals surface area contributed by atoms with Crippen molar-refractivity contribution in [2.45, 2.75) is 115 Å². The van der Waals surface area contributed by atoms with Crippen molar-refractivity contribution in [2.24, 2.45) is 5.92 Å². The van der Waals surface area contributed by atoms with Crippen LogP contribution >= 0.6 is 0 Å². The van der Waals surface area contributed by atoms with E-state index in [2.05, 4.69) is 6.92 Å². The second-order valence-electron chi connectivity index (χ2n) is 7.83. The Hall–Kier alpha value is -0.0800. The first kappa shape index (κ1) is 19.2. The molecule has 0 radical (unpaired) electrons. The lowest BCUT2D eigenvalue weighted by Gasteiger charge is -2.05. The first-order valence-corrected chi connectivity index (χ1v) is 10.6. The van der Waals surface area contributed by atoms with Crippen LogP contribution in [0.15, 0.2) is 0 Å². The van der Waals surface area contributed by atoms with Gasteiger partial charge in [-0.3, -0.25) is 0 Å². The van der Waals surface area contributed by atoms with E-state index in [1.807, 2.05) is 0 Å². The van der Waals surface area contributed by atoms with E-state index >= 15 is 0 Å². The van der Waals surface area contributed by atoms with Crippen molar-refractivity contribution in [3.8, 4) is 0 Å². The van der Waals surface area contributed by atoms with Crippen molar-refractivity contribution < 1.29 is 9.47 Å². The molecule has 0 aliphatic heterocycles. The molecule has 136 valence electrons. The maximum absolute atomic E-state index is 5.93. The van der Waals surface area contributed by atoms with Gasteiger partial charge in [0.05, 0.1) is 18.8 Å². The molecule has 0 bridgehead atoms. The number of ether oxygens (including phenoxy) is 2. The highest BCUT2D eigenvalue weighted by Crippen LogP contribution is 2.36. The summed E-state index contributed by atoms with van der Waals surface area (Å²) in [7, 11) is 0. The summed E-state index contributed by atoms with van der Waals surface area (Å²) in [5, 5.41) is 0. The maximum atomic E-state index is 5.93. The minimum atomic E-state index is 0.529. The van der Waals surface area contributed by atoms with Crippen LogP contribution < -0.4 is 0 Å². The fraction of sp³-hybridized carbons (Fsp3) is 1.00. The second-order valence-corrected chi connectivity index (χ2v) is 7.83. The average molecular weight is 325 g/mol. The van der Waals surface area contributed by atoms with Gasteiger partial charge in [-0.2, -0.15) is 0 Å². The van der Waals surface area contributed by atoms with E-state index < -0.39 is 0 Å². The Morgan fingerprint density at radius 2 is 1.26 bits per heavy atom. The molecule has 2 aliphatic carbocycles. The normalized spacial score (nSPS) is 23.3. The first-order valence-electron chi connectivity index (χ1n) is 10.6. The molecule has 2 fully saturated rings. The summed E-state index contributed by atoms with van der Waals surface area (Å²) < 4.78 is 11.7. The molecule has 2 rings (SSSR count). The van der Waals surface area contributed by atoms with Crippen LogP contribution in [0.25, 0.3) is 0 Å². The molecule has 2 saturated carbocycles. The van der Waals surface area contributed by atoms with E-state index in [1.165, 1.54) is 96.3 Å². The van der Waals surface area contributed by atoms with Crippen molar-refractivity contribution in [3.05, 3.63) is 0 Å². The van der Waals surface area contributed by atoms with Crippen molar-refractivity contribution in [3.63, 3.8) is 0 Å². The van der Waals surface area contributed by atoms with Gasteiger partial charge in [-0.15, -0.1) is 0 Å². The van der Waals surface area contributed by atoms with Crippen LogP contribution in [0.4, 0.5) is 0 Å². The van der Waals surface area contributed by atoms with Crippen LogP contribution in [0.2, 0.25) is 0 Å². The minimum Gasteiger partial charge on any atom is -0.378 e. The van der Waals surface area contributed by atoms with Crippen molar-refractivity contribution >= 4 is 0 Å². The third kappa shape index (κ3) is 10.4. The van der Waals surface area contributed by atoms with E-state index in [0.29, 0.717) is 18.1 Å². The zero-order chi connectivity index (χ0) is 16.2. The fourth-order valence-corrected chi connectivity index (χ4v) is 3.27. The van der Waals surface area contributed by atoms with Crippen molar-refractivity contribution in [1.82, 2.24) is 0 Å². The molecule has 0 aromatic rings. The summed E-state index contributed by atoms with van der Waals surface area (Å²) in [6.45, 7) is 4.22. The van der Waals surface area contributed by atoms with Gasteiger partial charge in [-0.05, 0) is 25.7 Å². The van der Waals surface area contributed by atoms with E-state index in [-0.39, 0.29) is 0 Å². The molecule has 2 unspecified atom stereocenters. The molecule has 0 heterocycles. The molecule has 0 amide bonds. The highest BCUT2D eigenvalue weighted by atomic mass is 16.5. The Bertz CT molecular complexity index is 275. The maximum Gasteiger partial charge on any atom is 0.0630 e. The monoisotopic (exact) mass is 324 g/mol. The highest BCUT2D eigenvalue weighted by molar-refractivity contribution is 4.88. The molecule has 2 nitrogen and oxygen atoms in total. The lowest BCUT2D eigenvalue weighted by atomic mass is 10.1. The summed E-state index contributed by atoms with van der Waals surface area (Å²) in [6.07, 6.45) is 21.9. The smallest absolute Gasteiger partial charge is 0.0630 e. The molecular formula is C21H40O2. The number of unbranched alkanes of at least 4 members (excludes halogenated alkanes) is 11. The van der Waals surface area contributed by atoms with Gasteiger partial charge in [0.2, 0.25) is 0 Å². The lowest BCUT2D eigenvalue weighted by molar-refractivity contribution is 0.0667. The predicted octanol–water partition coefficient (Wildman–Crippen LogP) is 6.27. The largest absolute Gasteiger partial charge is 0.378 e. The molecule has 2 atom stereocenters. The number of rotatable bonds is 17. The Kier molecular flexibility index (Phi) is 10.3. The quantitative estimate of drug-likeness (QED) is 0.293. The molecular weight excluding hydrogens is 284 g/mol. The van der Waals surface area contributed by atoms with Gasteiger partial charge in [0.1, 0.15) is 0 Å². The summed E-state index contributed by atoms with van der Waals surface area (Å²) in [5.41, 5.74) is 0. The second kappa shape index (κ2) is 12.3. The molecule has 0 saturated heterocycles. The zero-order valence-electron chi connectivity index (χ0n) is 15.6. The Balaban J connectivity index is 1.22.